The Balaban J connectivity index is 1.84. The molecule has 0 unspecified atom stereocenters. The standard InChI is InChI=1S/C20H15Cl2N3S/c1-12-3-5-16(7-13(12)2)24-10-15(9-23)20-25-19(11-26-20)14-4-6-17(21)18(22)8-14/h3-8,10-11,24H,1-2H3/b15-10+. The van der Waals surface area contributed by atoms with Gasteiger partial charge in [0.2, 0.25) is 0 Å². The molecule has 0 aliphatic heterocycles. The molecule has 130 valence electrons. The topological polar surface area (TPSA) is 48.7 Å². The number of anilines is 1. The molecule has 3 nitrogen and oxygen atoms in total. The van der Waals surface area contributed by atoms with Gasteiger partial charge in [-0.1, -0.05) is 35.3 Å². The maximum absolute atomic E-state index is 9.49. The highest BCUT2D eigenvalue weighted by Gasteiger charge is 2.10. The summed E-state index contributed by atoms with van der Waals surface area (Å²) in [6, 6.07) is 13.6. The molecule has 0 aliphatic carbocycles. The molecule has 26 heavy (non-hydrogen) atoms. The summed E-state index contributed by atoms with van der Waals surface area (Å²) in [6.45, 7) is 4.12. The van der Waals surface area contributed by atoms with E-state index in [2.05, 4.69) is 30.2 Å². The number of nitriles is 1. The molecule has 0 atom stereocenters. The van der Waals surface area contributed by atoms with Gasteiger partial charge < -0.3 is 5.32 Å². The van der Waals surface area contributed by atoms with Crippen molar-refractivity contribution >= 4 is 45.8 Å². The number of rotatable bonds is 4. The van der Waals surface area contributed by atoms with Gasteiger partial charge in [0.25, 0.3) is 0 Å². The molecule has 6 heteroatoms. The number of hydrogen-bond donors (Lipinski definition) is 1. The number of nitrogens with zero attached hydrogens (tertiary/aromatic N) is 2. The largest absolute Gasteiger partial charge is 0.360 e. The number of hydrogen-bond acceptors (Lipinski definition) is 4. The zero-order chi connectivity index (χ0) is 18.7. The Labute approximate surface area is 166 Å². The molecule has 1 N–H and O–H groups in total. The van der Waals surface area contributed by atoms with Gasteiger partial charge in [0.15, 0.2) is 0 Å². The van der Waals surface area contributed by atoms with Crippen LogP contribution < -0.4 is 5.32 Å². The highest BCUT2D eigenvalue weighted by Crippen LogP contribution is 2.30. The normalized spacial score (nSPS) is 11.3. The van der Waals surface area contributed by atoms with Gasteiger partial charge in [-0.05, 0) is 49.2 Å². The molecule has 0 saturated carbocycles. The second kappa shape index (κ2) is 7.92. The van der Waals surface area contributed by atoms with Crippen molar-refractivity contribution in [3.05, 3.63) is 74.2 Å². The maximum Gasteiger partial charge on any atom is 0.136 e. The van der Waals surface area contributed by atoms with Crippen molar-refractivity contribution in [3.8, 4) is 17.3 Å². The van der Waals surface area contributed by atoms with Crippen LogP contribution in [0.25, 0.3) is 16.8 Å². The lowest BCUT2D eigenvalue weighted by molar-refractivity contribution is 1.33. The molecule has 0 bridgehead atoms. The average molecular weight is 400 g/mol. The lowest BCUT2D eigenvalue weighted by atomic mass is 10.1. The van der Waals surface area contributed by atoms with Crippen LogP contribution in [0.3, 0.4) is 0 Å². The second-order valence-electron chi connectivity index (χ2n) is 5.78. The van der Waals surface area contributed by atoms with Gasteiger partial charge in [0.1, 0.15) is 16.6 Å². The summed E-state index contributed by atoms with van der Waals surface area (Å²) in [5.74, 6) is 0. The fourth-order valence-corrected chi connectivity index (χ4v) is 3.41. The number of allylic oxidation sites excluding steroid dienone is 1. The van der Waals surface area contributed by atoms with E-state index >= 15 is 0 Å². The van der Waals surface area contributed by atoms with Crippen LogP contribution in [-0.4, -0.2) is 4.98 Å². The van der Waals surface area contributed by atoms with Crippen molar-refractivity contribution in [2.24, 2.45) is 0 Å². The molecule has 3 rings (SSSR count). The van der Waals surface area contributed by atoms with E-state index in [0.717, 1.165) is 16.9 Å². The molecular weight excluding hydrogens is 385 g/mol. The van der Waals surface area contributed by atoms with Gasteiger partial charge >= 0.3 is 0 Å². The van der Waals surface area contributed by atoms with E-state index in [0.29, 0.717) is 20.6 Å². The Morgan fingerprint density at radius 3 is 2.62 bits per heavy atom. The Morgan fingerprint density at radius 1 is 1.12 bits per heavy atom. The summed E-state index contributed by atoms with van der Waals surface area (Å²) in [6.07, 6.45) is 1.68. The predicted molar refractivity (Wildman–Crippen MR) is 111 cm³/mol. The molecule has 1 heterocycles. The first-order valence-electron chi connectivity index (χ1n) is 7.83. The van der Waals surface area contributed by atoms with Crippen LogP contribution in [0.2, 0.25) is 10.0 Å². The third-order valence-corrected chi connectivity index (χ3v) is 5.58. The van der Waals surface area contributed by atoms with Crippen LogP contribution in [-0.2, 0) is 0 Å². The summed E-state index contributed by atoms with van der Waals surface area (Å²) < 4.78 is 0. The Hall–Kier alpha value is -2.32. The first kappa shape index (κ1) is 18.5. The number of benzene rings is 2. The van der Waals surface area contributed by atoms with E-state index in [4.69, 9.17) is 23.2 Å². The Morgan fingerprint density at radius 2 is 1.92 bits per heavy atom. The van der Waals surface area contributed by atoms with E-state index in [-0.39, 0.29) is 0 Å². The van der Waals surface area contributed by atoms with Gasteiger partial charge in [0.05, 0.1) is 15.7 Å². The Kier molecular flexibility index (Phi) is 5.63. The van der Waals surface area contributed by atoms with Crippen molar-refractivity contribution in [1.29, 1.82) is 5.26 Å². The van der Waals surface area contributed by atoms with Gasteiger partial charge in [-0.25, -0.2) is 4.98 Å². The fourth-order valence-electron chi connectivity index (χ4n) is 2.31. The quantitative estimate of drug-likeness (QED) is 0.495. The number of aromatic nitrogens is 1. The summed E-state index contributed by atoms with van der Waals surface area (Å²) >= 11 is 13.4. The zero-order valence-corrected chi connectivity index (χ0v) is 16.5. The minimum Gasteiger partial charge on any atom is -0.360 e. The Bertz CT molecular complexity index is 1030. The van der Waals surface area contributed by atoms with Gasteiger partial charge in [-0.15, -0.1) is 11.3 Å². The van der Waals surface area contributed by atoms with Crippen molar-refractivity contribution < 1.29 is 0 Å². The van der Waals surface area contributed by atoms with Crippen molar-refractivity contribution in [2.45, 2.75) is 13.8 Å². The van der Waals surface area contributed by atoms with E-state index in [1.165, 1.54) is 22.5 Å². The summed E-state index contributed by atoms with van der Waals surface area (Å²) in [7, 11) is 0. The number of thiazole rings is 1. The lowest BCUT2D eigenvalue weighted by Gasteiger charge is -2.05. The van der Waals surface area contributed by atoms with Crippen molar-refractivity contribution in [2.75, 3.05) is 5.32 Å². The van der Waals surface area contributed by atoms with Crippen molar-refractivity contribution in [3.63, 3.8) is 0 Å². The summed E-state index contributed by atoms with van der Waals surface area (Å²) in [5, 5.41) is 16.2. The van der Waals surface area contributed by atoms with E-state index in [1.54, 1.807) is 18.3 Å². The predicted octanol–water partition coefficient (Wildman–Crippen LogP) is 6.71. The number of nitrogens with one attached hydrogen (secondary N) is 1. The van der Waals surface area contributed by atoms with Gasteiger partial charge in [-0.3, -0.25) is 0 Å². The third kappa shape index (κ3) is 4.08. The summed E-state index contributed by atoms with van der Waals surface area (Å²) in [4.78, 5) is 4.55. The molecule has 0 saturated heterocycles. The van der Waals surface area contributed by atoms with E-state index in [9.17, 15) is 5.26 Å². The summed E-state index contributed by atoms with van der Waals surface area (Å²) in [5.41, 5.74) is 5.45. The fraction of sp³-hybridized carbons (Fsp3) is 0.100. The second-order valence-corrected chi connectivity index (χ2v) is 7.45. The average Bonchev–Trinajstić information content (AvgIpc) is 3.11. The molecule has 3 aromatic rings. The van der Waals surface area contributed by atoms with Crippen LogP contribution in [0.15, 0.2) is 48.0 Å². The molecule has 0 amide bonds. The van der Waals surface area contributed by atoms with Crippen LogP contribution in [0, 0.1) is 25.2 Å². The molecule has 1 aromatic heterocycles. The third-order valence-electron chi connectivity index (χ3n) is 3.96. The molecule has 0 aliphatic rings. The molecule has 0 spiro atoms. The van der Waals surface area contributed by atoms with Crippen LogP contribution in [0.5, 0.6) is 0 Å². The lowest BCUT2D eigenvalue weighted by Crippen LogP contribution is -1.92. The van der Waals surface area contributed by atoms with Crippen LogP contribution >= 0.6 is 34.5 Å². The zero-order valence-electron chi connectivity index (χ0n) is 14.2. The number of aryl methyl sites for hydroxylation is 2. The minimum absolute atomic E-state index is 0.472. The van der Waals surface area contributed by atoms with Crippen molar-refractivity contribution in [1.82, 2.24) is 4.98 Å². The number of halogens is 2. The molecule has 0 fully saturated rings. The maximum atomic E-state index is 9.49. The van der Waals surface area contributed by atoms with Gasteiger partial charge in [-0.2, -0.15) is 5.26 Å². The van der Waals surface area contributed by atoms with E-state index in [1.807, 2.05) is 29.6 Å². The SMILES string of the molecule is Cc1ccc(N/C=C(\C#N)c2nc(-c3ccc(Cl)c(Cl)c3)cs2)cc1C. The van der Waals surface area contributed by atoms with Crippen LogP contribution in [0.1, 0.15) is 16.1 Å². The molecular formula is C20H15Cl2N3S. The first-order chi connectivity index (χ1) is 12.5. The minimum atomic E-state index is 0.472. The van der Waals surface area contributed by atoms with E-state index < -0.39 is 0 Å². The van der Waals surface area contributed by atoms with Crippen LogP contribution in [0.4, 0.5) is 5.69 Å². The highest BCUT2D eigenvalue weighted by molar-refractivity contribution is 7.11. The smallest absolute Gasteiger partial charge is 0.136 e. The monoisotopic (exact) mass is 399 g/mol. The first-order valence-corrected chi connectivity index (χ1v) is 9.47. The van der Waals surface area contributed by atoms with Gasteiger partial charge in [0, 0.05) is 22.8 Å². The molecule has 0 radical (unpaired) electrons. The molecule has 2 aromatic carbocycles. The highest BCUT2D eigenvalue weighted by atomic mass is 35.5.